The van der Waals surface area contributed by atoms with Gasteiger partial charge in [-0.05, 0) is 42.9 Å². The van der Waals surface area contributed by atoms with E-state index in [9.17, 15) is 0 Å². The summed E-state index contributed by atoms with van der Waals surface area (Å²) in [6.45, 7) is 6.29. The van der Waals surface area contributed by atoms with Crippen LogP contribution in [0, 0.1) is 6.92 Å². The van der Waals surface area contributed by atoms with Gasteiger partial charge in [0.25, 0.3) is 0 Å². The molecule has 2 heteroatoms. The van der Waals surface area contributed by atoms with E-state index >= 15 is 0 Å². The smallest absolute Gasteiger partial charge is 0.0204 e. The van der Waals surface area contributed by atoms with Crippen molar-refractivity contribution >= 4 is 28.6 Å². The van der Waals surface area contributed by atoms with Gasteiger partial charge >= 0.3 is 0 Å². The maximum Gasteiger partial charge on any atom is 0.0204 e. The average Bonchev–Trinajstić information content (AvgIpc) is 2.11. The summed E-state index contributed by atoms with van der Waals surface area (Å²) >= 11 is 7.96. The average molecular weight is 271 g/mol. The lowest BCUT2D eigenvalue weighted by Crippen LogP contribution is -1.88. The lowest BCUT2D eigenvalue weighted by molar-refractivity contribution is 1.18. The fraction of sp³-hybridized carbons (Fsp3) is 0.333. The van der Waals surface area contributed by atoms with Crippen LogP contribution in [0.5, 0.6) is 0 Å². The van der Waals surface area contributed by atoms with E-state index < -0.39 is 0 Å². The second-order valence-electron chi connectivity index (χ2n) is 3.71. The highest BCUT2D eigenvalue weighted by molar-refractivity contribution is 9.10. The molecule has 0 N–H and O–H groups in total. The van der Waals surface area contributed by atoms with Crippen molar-refractivity contribution in [3.63, 3.8) is 0 Å². The Morgan fingerprint density at radius 3 is 2.50 bits per heavy atom. The molecule has 0 aliphatic carbocycles. The van der Waals surface area contributed by atoms with Gasteiger partial charge in [-0.1, -0.05) is 33.6 Å². The first-order valence-electron chi connectivity index (χ1n) is 4.61. The van der Waals surface area contributed by atoms with Crippen LogP contribution in [-0.4, -0.2) is 0 Å². The minimum Gasteiger partial charge on any atom is -0.148 e. The maximum absolute atomic E-state index is 4.46. The van der Waals surface area contributed by atoms with Crippen LogP contribution in [0.1, 0.15) is 25.0 Å². The standard InChI is InChI=1S/C12H15BrS/c1-8(2)12(14)7-10-4-5-11(13)9(3)6-10/h4-6,14H,7H2,1-3H3. The van der Waals surface area contributed by atoms with E-state index in [1.54, 1.807) is 0 Å². The van der Waals surface area contributed by atoms with Crippen LogP contribution in [0.15, 0.2) is 33.2 Å². The molecule has 76 valence electrons. The van der Waals surface area contributed by atoms with Crippen LogP contribution in [-0.2, 0) is 6.42 Å². The summed E-state index contributed by atoms with van der Waals surface area (Å²) in [5.74, 6) is 0. The maximum atomic E-state index is 4.46. The predicted molar refractivity (Wildman–Crippen MR) is 69.9 cm³/mol. The largest absolute Gasteiger partial charge is 0.148 e. The van der Waals surface area contributed by atoms with Crippen molar-refractivity contribution < 1.29 is 0 Å². The molecule has 0 heterocycles. The van der Waals surface area contributed by atoms with Gasteiger partial charge < -0.3 is 0 Å². The van der Waals surface area contributed by atoms with Crippen molar-refractivity contribution in [2.45, 2.75) is 27.2 Å². The number of aryl methyl sites for hydroxylation is 1. The molecule has 0 spiro atoms. The van der Waals surface area contributed by atoms with E-state index in [4.69, 9.17) is 0 Å². The number of hydrogen-bond acceptors (Lipinski definition) is 1. The van der Waals surface area contributed by atoms with E-state index in [-0.39, 0.29) is 0 Å². The summed E-state index contributed by atoms with van der Waals surface area (Å²) in [6.07, 6.45) is 0.930. The Hall–Kier alpha value is -0.210. The molecule has 1 aromatic rings. The molecule has 0 amide bonds. The molecule has 14 heavy (non-hydrogen) atoms. The molecule has 0 radical (unpaired) electrons. The summed E-state index contributed by atoms with van der Waals surface area (Å²) in [6, 6.07) is 6.43. The fourth-order valence-electron chi connectivity index (χ4n) is 1.19. The minimum atomic E-state index is 0.930. The molecular formula is C12H15BrS. The number of rotatable bonds is 2. The molecule has 0 atom stereocenters. The Morgan fingerprint density at radius 2 is 2.00 bits per heavy atom. The van der Waals surface area contributed by atoms with E-state index in [0.29, 0.717) is 0 Å². The fourth-order valence-corrected chi connectivity index (χ4v) is 1.62. The molecule has 0 unspecified atom stereocenters. The van der Waals surface area contributed by atoms with Crippen LogP contribution in [0.4, 0.5) is 0 Å². The quantitative estimate of drug-likeness (QED) is 0.751. The summed E-state index contributed by atoms with van der Waals surface area (Å²) in [4.78, 5) is 1.16. The predicted octanol–water partition coefficient (Wildman–Crippen LogP) is 4.52. The van der Waals surface area contributed by atoms with Gasteiger partial charge in [-0.15, -0.1) is 12.6 Å². The third-order valence-electron chi connectivity index (χ3n) is 2.17. The van der Waals surface area contributed by atoms with Crippen molar-refractivity contribution in [2.75, 3.05) is 0 Å². The Morgan fingerprint density at radius 1 is 1.36 bits per heavy atom. The SMILES string of the molecule is CC(C)=C(S)Cc1ccc(Br)c(C)c1. The second kappa shape index (κ2) is 5.04. The molecule has 0 saturated heterocycles. The van der Waals surface area contributed by atoms with Gasteiger partial charge in [0.15, 0.2) is 0 Å². The molecular weight excluding hydrogens is 256 g/mol. The molecule has 0 aliphatic heterocycles. The van der Waals surface area contributed by atoms with Gasteiger partial charge in [-0.25, -0.2) is 0 Å². The molecule has 1 rings (SSSR count). The lowest BCUT2D eigenvalue weighted by atomic mass is 10.1. The van der Waals surface area contributed by atoms with Crippen LogP contribution >= 0.6 is 28.6 Å². The van der Waals surface area contributed by atoms with Crippen LogP contribution in [0.2, 0.25) is 0 Å². The zero-order chi connectivity index (χ0) is 10.7. The highest BCUT2D eigenvalue weighted by atomic mass is 79.9. The van der Waals surface area contributed by atoms with Crippen LogP contribution in [0.25, 0.3) is 0 Å². The molecule has 0 aromatic heterocycles. The summed E-state index contributed by atoms with van der Waals surface area (Å²) in [5, 5.41) is 0. The van der Waals surface area contributed by atoms with Gasteiger partial charge in [-0.3, -0.25) is 0 Å². The highest BCUT2D eigenvalue weighted by Crippen LogP contribution is 2.21. The van der Waals surface area contributed by atoms with Crippen molar-refractivity contribution in [1.29, 1.82) is 0 Å². The zero-order valence-electron chi connectivity index (χ0n) is 8.76. The van der Waals surface area contributed by atoms with Gasteiger partial charge in [0.1, 0.15) is 0 Å². The van der Waals surface area contributed by atoms with E-state index in [1.807, 2.05) is 0 Å². The van der Waals surface area contributed by atoms with Crippen LogP contribution < -0.4 is 0 Å². The van der Waals surface area contributed by atoms with Crippen LogP contribution in [0.3, 0.4) is 0 Å². The zero-order valence-corrected chi connectivity index (χ0v) is 11.2. The van der Waals surface area contributed by atoms with E-state index in [1.165, 1.54) is 21.2 Å². The minimum absolute atomic E-state index is 0.930. The lowest BCUT2D eigenvalue weighted by Gasteiger charge is -2.05. The molecule has 0 saturated carbocycles. The molecule has 0 fully saturated rings. The number of halogens is 1. The first kappa shape index (κ1) is 11.9. The molecule has 0 bridgehead atoms. The van der Waals surface area contributed by atoms with Gasteiger partial charge in [0.2, 0.25) is 0 Å². The number of thiol groups is 1. The Bertz CT molecular complexity index is 363. The van der Waals surface area contributed by atoms with Crippen molar-refractivity contribution in [3.8, 4) is 0 Å². The van der Waals surface area contributed by atoms with Crippen molar-refractivity contribution in [1.82, 2.24) is 0 Å². The topological polar surface area (TPSA) is 0 Å². The number of allylic oxidation sites excluding steroid dienone is 2. The molecule has 0 nitrogen and oxygen atoms in total. The first-order chi connectivity index (χ1) is 6.50. The Labute approximate surface area is 100.0 Å². The van der Waals surface area contributed by atoms with Crippen molar-refractivity contribution in [3.05, 3.63) is 44.3 Å². The number of benzene rings is 1. The van der Waals surface area contributed by atoms with Gasteiger partial charge in [0.05, 0.1) is 0 Å². The van der Waals surface area contributed by atoms with E-state index in [2.05, 4.69) is 67.5 Å². The Balaban J connectivity index is 2.89. The third kappa shape index (κ3) is 3.18. The van der Waals surface area contributed by atoms with Gasteiger partial charge in [-0.2, -0.15) is 0 Å². The highest BCUT2D eigenvalue weighted by Gasteiger charge is 2.00. The monoisotopic (exact) mass is 270 g/mol. The molecule has 0 aliphatic rings. The first-order valence-corrected chi connectivity index (χ1v) is 5.85. The Kier molecular flexibility index (Phi) is 4.27. The number of hydrogen-bond donors (Lipinski definition) is 1. The second-order valence-corrected chi connectivity index (χ2v) is 5.10. The van der Waals surface area contributed by atoms with Gasteiger partial charge in [0, 0.05) is 10.9 Å². The third-order valence-corrected chi connectivity index (χ3v) is 3.67. The summed E-state index contributed by atoms with van der Waals surface area (Å²) < 4.78 is 1.17. The van der Waals surface area contributed by atoms with Crippen molar-refractivity contribution in [2.24, 2.45) is 0 Å². The summed E-state index contributed by atoms with van der Waals surface area (Å²) in [5.41, 5.74) is 3.88. The normalized spacial score (nSPS) is 10.1. The summed E-state index contributed by atoms with van der Waals surface area (Å²) in [7, 11) is 0. The molecule has 1 aromatic carbocycles. The van der Waals surface area contributed by atoms with E-state index in [0.717, 1.165) is 11.3 Å².